The molecular formula is C11H26N2O. The fourth-order valence-corrected chi connectivity index (χ4v) is 1.40. The highest BCUT2D eigenvalue weighted by Crippen LogP contribution is 2.07. The molecule has 0 rings (SSSR count). The first-order valence-corrected chi connectivity index (χ1v) is 5.42. The minimum absolute atomic E-state index is 0.0205. The van der Waals surface area contributed by atoms with Crippen LogP contribution in [-0.4, -0.2) is 44.3 Å². The van der Waals surface area contributed by atoms with Crippen molar-refractivity contribution in [2.75, 3.05) is 33.9 Å². The topological polar surface area (TPSA) is 38.5 Å². The van der Waals surface area contributed by atoms with E-state index < -0.39 is 0 Å². The molecule has 0 spiro atoms. The summed E-state index contributed by atoms with van der Waals surface area (Å²) in [6, 6.07) is 0. The Bertz CT molecular complexity index is 132. The Morgan fingerprint density at radius 3 is 2.29 bits per heavy atom. The lowest BCUT2D eigenvalue weighted by Crippen LogP contribution is -2.33. The molecule has 2 N–H and O–H groups in total. The van der Waals surface area contributed by atoms with E-state index in [2.05, 4.69) is 25.8 Å². The van der Waals surface area contributed by atoms with E-state index in [1.54, 1.807) is 7.11 Å². The average Bonchev–Trinajstić information content (AvgIpc) is 2.02. The van der Waals surface area contributed by atoms with Gasteiger partial charge in [-0.1, -0.05) is 0 Å². The van der Waals surface area contributed by atoms with Crippen LogP contribution in [0, 0.1) is 0 Å². The predicted octanol–water partition coefficient (Wildman–Crippen LogP) is 1.47. The molecule has 0 heterocycles. The van der Waals surface area contributed by atoms with Crippen LogP contribution in [0.1, 0.15) is 33.1 Å². The molecular weight excluding hydrogens is 176 g/mol. The van der Waals surface area contributed by atoms with Gasteiger partial charge in [-0.05, 0) is 46.7 Å². The number of rotatable bonds is 8. The van der Waals surface area contributed by atoms with Crippen LogP contribution in [-0.2, 0) is 4.74 Å². The lowest BCUT2D eigenvalue weighted by Gasteiger charge is -2.21. The molecule has 0 atom stereocenters. The number of hydrogen-bond acceptors (Lipinski definition) is 3. The highest BCUT2D eigenvalue weighted by atomic mass is 16.5. The molecule has 0 unspecified atom stereocenters. The van der Waals surface area contributed by atoms with Crippen molar-refractivity contribution in [1.29, 1.82) is 0 Å². The number of methoxy groups -OCH3 is 1. The van der Waals surface area contributed by atoms with Crippen LogP contribution in [0.5, 0.6) is 0 Å². The standard InChI is InChI=1S/C11H26N2O/c1-11(2,12)7-5-8-13(3)9-6-10-14-4/h5-10,12H2,1-4H3. The van der Waals surface area contributed by atoms with Crippen LogP contribution in [0.2, 0.25) is 0 Å². The van der Waals surface area contributed by atoms with Gasteiger partial charge in [0.1, 0.15) is 0 Å². The molecule has 0 amide bonds. The molecule has 0 radical (unpaired) electrons. The molecule has 0 aromatic carbocycles. The zero-order valence-corrected chi connectivity index (χ0v) is 10.2. The summed E-state index contributed by atoms with van der Waals surface area (Å²) >= 11 is 0. The van der Waals surface area contributed by atoms with Crippen LogP contribution >= 0.6 is 0 Å². The lowest BCUT2D eigenvalue weighted by atomic mass is 10.0. The van der Waals surface area contributed by atoms with E-state index in [-0.39, 0.29) is 5.54 Å². The minimum atomic E-state index is -0.0205. The maximum Gasteiger partial charge on any atom is 0.0474 e. The van der Waals surface area contributed by atoms with Crippen LogP contribution in [0.4, 0.5) is 0 Å². The Balaban J connectivity index is 3.31. The van der Waals surface area contributed by atoms with Gasteiger partial charge in [0.15, 0.2) is 0 Å². The molecule has 0 aliphatic carbocycles. The Kier molecular flexibility index (Phi) is 7.15. The maximum atomic E-state index is 5.90. The van der Waals surface area contributed by atoms with Gasteiger partial charge < -0.3 is 15.4 Å². The van der Waals surface area contributed by atoms with Crippen molar-refractivity contribution in [3.05, 3.63) is 0 Å². The molecule has 0 saturated carbocycles. The van der Waals surface area contributed by atoms with Crippen molar-refractivity contribution in [2.45, 2.75) is 38.6 Å². The Morgan fingerprint density at radius 1 is 1.21 bits per heavy atom. The van der Waals surface area contributed by atoms with Crippen LogP contribution in [0.15, 0.2) is 0 Å². The first-order chi connectivity index (χ1) is 6.45. The highest BCUT2D eigenvalue weighted by molar-refractivity contribution is 4.71. The second-order valence-corrected chi connectivity index (χ2v) is 4.74. The summed E-state index contributed by atoms with van der Waals surface area (Å²) in [6.45, 7) is 7.26. The molecule has 0 aromatic heterocycles. The number of nitrogens with zero attached hydrogens (tertiary/aromatic N) is 1. The van der Waals surface area contributed by atoms with Crippen molar-refractivity contribution in [1.82, 2.24) is 4.90 Å². The second kappa shape index (κ2) is 7.21. The van der Waals surface area contributed by atoms with Crippen LogP contribution < -0.4 is 5.73 Å². The van der Waals surface area contributed by atoms with Gasteiger partial charge in [-0.2, -0.15) is 0 Å². The molecule has 0 aliphatic heterocycles. The van der Waals surface area contributed by atoms with E-state index in [9.17, 15) is 0 Å². The minimum Gasteiger partial charge on any atom is -0.385 e. The van der Waals surface area contributed by atoms with Crippen LogP contribution in [0.25, 0.3) is 0 Å². The van der Waals surface area contributed by atoms with Crippen molar-refractivity contribution >= 4 is 0 Å². The smallest absolute Gasteiger partial charge is 0.0474 e. The summed E-state index contributed by atoms with van der Waals surface area (Å²) in [4.78, 5) is 2.34. The van der Waals surface area contributed by atoms with E-state index >= 15 is 0 Å². The van der Waals surface area contributed by atoms with Crippen molar-refractivity contribution in [2.24, 2.45) is 5.73 Å². The maximum absolute atomic E-state index is 5.90. The van der Waals surface area contributed by atoms with Crippen molar-refractivity contribution in [3.8, 4) is 0 Å². The molecule has 0 fully saturated rings. The largest absolute Gasteiger partial charge is 0.385 e. The van der Waals surface area contributed by atoms with Crippen molar-refractivity contribution in [3.63, 3.8) is 0 Å². The molecule has 3 nitrogen and oxygen atoms in total. The third-order valence-corrected chi connectivity index (χ3v) is 2.25. The van der Waals surface area contributed by atoms with E-state index in [1.807, 2.05) is 0 Å². The summed E-state index contributed by atoms with van der Waals surface area (Å²) in [5.74, 6) is 0. The van der Waals surface area contributed by atoms with Gasteiger partial charge in [0.25, 0.3) is 0 Å². The van der Waals surface area contributed by atoms with Crippen molar-refractivity contribution < 1.29 is 4.74 Å². The monoisotopic (exact) mass is 202 g/mol. The molecule has 14 heavy (non-hydrogen) atoms. The molecule has 0 saturated heterocycles. The first kappa shape index (κ1) is 13.9. The van der Waals surface area contributed by atoms with E-state index in [0.29, 0.717) is 0 Å². The first-order valence-electron chi connectivity index (χ1n) is 5.42. The Labute approximate surface area is 88.6 Å². The second-order valence-electron chi connectivity index (χ2n) is 4.74. The summed E-state index contributed by atoms with van der Waals surface area (Å²) in [5.41, 5.74) is 5.88. The summed E-state index contributed by atoms with van der Waals surface area (Å²) in [6.07, 6.45) is 3.37. The normalized spacial score (nSPS) is 12.4. The Hall–Kier alpha value is -0.120. The van der Waals surface area contributed by atoms with Gasteiger partial charge in [-0.25, -0.2) is 0 Å². The van der Waals surface area contributed by atoms with Gasteiger partial charge in [0, 0.05) is 25.8 Å². The lowest BCUT2D eigenvalue weighted by molar-refractivity contribution is 0.178. The molecule has 86 valence electrons. The van der Waals surface area contributed by atoms with Gasteiger partial charge in [0.2, 0.25) is 0 Å². The van der Waals surface area contributed by atoms with Gasteiger partial charge in [-0.15, -0.1) is 0 Å². The van der Waals surface area contributed by atoms with Gasteiger partial charge in [-0.3, -0.25) is 0 Å². The molecule has 0 aliphatic rings. The quantitative estimate of drug-likeness (QED) is 0.606. The van der Waals surface area contributed by atoms with Gasteiger partial charge in [0.05, 0.1) is 0 Å². The summed E-state index contributed by atoms with van der Waals surface area (Å²) < 4.78 is 5.00. The van der Waals surface area contributed by atoms with Crippen LogP contribution in [0.3, 0.4) is 0 Å². The number of ether oxygens (including phenoxy) is 1. The highest BCUT2D eigenvalue weighted by Gasteiger charge is 2.09. The predicted molar refractivity (Wildman–Crippen MR) is 61.5 cm³/mol. The summed E-state index contributed by atoms with van der Waals surface area (Å²) in [7, 11) is 3.90. The average molecular weight is 202 g/mol. The number of nitrogens with two attached hydrogens (primary N) is 1. The molecule has 3 heteroatoms. The molecule has 0 bridgehead atoms. The van der Waals surface area contributed by atoms with E-state index in [1.165, 1.54) is 6.42 Å². The van der Waals surface area contributed by atoms with Gasteiger partial charge >= 0.3 is 0 Å². The third-order valence-electron chi connectivity index (χ3n) is 2.25. The SMILES string of the molecule is COCCCN(C)CCCC(C)(C)N. The molecule has 0 aromatic rings. The number of hydrogen-bond donors (Lipinski definition) is 1. The van der Waals surface area contributed by atoms with E-state index in [4.69, 9.17) is 10.5 Å². The third kappa shape index (κ3) is 9.96. The zero-order valence-electron chi connectivity index (χ0n) is 10.2. The summed E-state index contributed by atoms with van der Waals surface area (Å²) in [5, 5.41) is 0. The van der Waals surface area contributed by atoms with E-state index in [0.717, 1.165) is 32.5 Å². The zero-order chi connectivity index (χ0) is 11.0. The fraction of sp³-hybridized carbons (Fsp3) is 1.00. The Morgan fingerprint density at radius 2 is 1.79 bits per heavy atom. The fourth-order valence-electron chi connectivity index (χ4n) is 1.40.